The van der Waals surface area contributed by atoms with E-state index in [0.717, 1.165) is 12.0 Å². The van der Waals surface area contributed by atoms with E-state index in [1.165, 1.54) is 12.1 Å². The van der Waals surface area contributed by atoms with Crippen LogP contribution in [0, 0.1) is 0 Å². The summed E-state index contributed by atoms with van der Waals surface area (Å²) in [4.78, 5) is 11.1. The minimum absolute atomic E-state index is 0.0899. The topological polar surface area (TPSA) is 83.5 Å². The number of hydrogen-bond donors (Lipinski definition) is 2. The maximum Gasteiger partial charge on any atom is 0.321 e. The number of nitrogens with one attached hydrogen (secondary N) is 1. The fraction of sp³-hybridized carbons (Fsp3) is 0.462. The average Bonchev–Trinajstić information content (AvgIpc) is 2.38. The van der Waals surface area contributed by atoms with E-state index < -0.39 is 22.0 Å². The van der Waals surface area contributed by atoms with Gasteiger partial charge in [-0.15, -0.1) is 0 Å². The molecule has 0 amide bonds. The molecule has 0 saturated heterocycles. The van der Waals surface area contributed by atoms with Gasteiger partial charge in [-0.2, -0.15) is 4.72 Å². The fourth-order valence-electron chi connectivity index (χ4n) is 1.68. The van der Waals surface area contributed by atoms with Gasteiger partial charge in [0.1, 0.15) is 6.04 Å². The third-order valence-electron chi connectivity index (χ3n) is 2.81. The zero-order chi connectivity index (χ0) is 14.5. The lowest BCUT2D eigenvalue weighted by Gasteiger charge is -2.14. The molecule has 1 aromatic rings. The molecule has 1 aromatic carbocycles. The van der Waals surface area contributed by atoms with Crippen molar-refractivity contribution in [2.24, 2.45) is 0 Å². The number of hydrogen-bond acceptors (Lipinski definition) is 3. The first-order valence-corrected chi connectivity index (χ1v) is 7.73. The van der Waals surface area contributed by atoms with Crippen LogP contribution in [-0.4, -0.2) is 25.5 Å². The van der Waals surface area contributed by atoms with Crippen molar-refractivity contribution in [1.82, 2.24) is 4.72 Å². The van der Waals surface area contributed by atoms with Crippen molar-refractivity contribution in [2.75, 3.05) is 0 Å². The number of sulfonamides is 1. The first-order chi connectivity index (χ1) is 8.90. The molecule has 0 aliphatic carbocycles. The van der Waals surface area contributed by atoms with Gasteiger partial charge in [-0.3, -0.25) is 4.79 Å². The molecule has 0 heterocycles. The van der Waals surface area contributed by atoms with E-state index in [0.29, 0.717) is 6.42 Å². The molecule has 0 fully saturated rings. The lowest BCUT2D eigenvalue weighted by atomic mass is 10.2. The SMILES string of the molecule is CCC[C@H](NS(=O)(=O)c1ccc(CC)cc1)C(=O)O. The van der Waals surface area contributed by atoms with Crippen molar-refractivity contribution >= 4 is 16.0 Å². The highest BCUT2D eigenvalue weighted by molar-refractivity contribution is 7.89. The molecule has 1 atom stereocenters. The first kappa shape index (κ1) is 15.7. The summed E-state index contributed by atoms with van der Waals surface area (Å²) in [6.45, 7) is 3.78. The van der Waals surface area contributed by atoms with Crippen molar-refractivity contribution in [2.45, 2.75) is 44.0 Å². The predicted molar refractivity (Wildman–Crippen MR) is 72.5 cm³/mol. The second kappa shape index (κ2) is 6.68. The smallest absolute Gasteiger partial charge is 0.321 e. The Balaban J connectivity index is 2.92. The second-order valence-corrected chi connectivity index (χ2v) is 6.01. The molecule has 0 bridgehead atoms. The molecule has 1 rings (SSSR count). The van der Waals surface area contributed by atoms with Crippen LogP contribution in [0.25, 0.3) is 0 Å². The van der Waals surface area contributed by atoms with Crippen molar-refractivity contribution in [3.05, 3.63) is 29.8 Å². The number of aliphatic carboxylic acids is 1. The van der Waals surface area contributed by atoms with Crippen LogP contribution >= 0.6 is 0 Å². The van der Waals surface area contributed by atoms with Crippen LogP contribution < -0.4 is 4.72 Å². The van der Waals surface area contributed by atoms with Crippen molar-refractivity contribution in [1.29, 1.82) is 0 Å². The Labute approximate surface area is 113 Å². The molecule has 0 aliphatic heterocycles. The van der Waals surface area contributed by atoms with Gasteiger partial charge in [-0.1, -0.05) is 32.4 Å². The summed E-state index contributed by atoms with van der Waals surface area (Å²) in [6, 6.07) is 5.35. The Morgan fingerprint density at radius 1 is 1.26 bits per heavy atom. The lowest BCUT2D eigenvalue weighted by molar-refractivity contribution is -0.139. The standard InChI is InChI=1S/C13H19NO4S/c1-3-5-12(13(15)16)14-19(17,18)11-8-6-10(4-2)7-9-11/h6-9,12,14H,3-5H2,1-2H3,(H,15,16)/t12-/m0/s1. The number of benzene rings is 1. The van der Waals surface area contributed by atoms with Crippen LogP contribution in [0.1, 0.15) is 32.3 Å². The van der Waals surface area contributed by atoms with Gasteiger partial charge < -0.3 is 5.11 Å². The Bertz CT molecular complexity index is 522. The van der Waals surface area contributed by atoms with E-state index in [9.17, 15) is 13.2 Å². The van der Waals surface area contributed by atoms with Crippen LogP contribution in [0.15, 0.2) is 29.2 Å². The van der Waals surface area contributed by atoms with E-state index >= 15 is 0 Å². The van der Waals surface area contributed by atoms with Gasteiger partial charge in [0.15, 0.2) is 0 Å². The van der Waals surface area contributed by atoms with Gasteiger partial charge in [0.2, 0.25) is 10.0 Å². The van der Waals surface area contributed by atoms with Crippen LogP contribution in [0.4, 0.5) is 0 Å². The summed E-state index contributed by atoms with van der Waals surface area (Å²) in [5.74, 6) is -1.16. The molecule has 106 valence electrons. The minimum Gasteiger partial charge on any atom is -0.480 e. The largest absolute Gasteiger partial charge is 0.480 e. The molecular weight excluding hydrogens is 266 g/mol. The molecule has 2 N–H and O–H groups in total. The summed E-state index contributed by atoms with van der Waals surface area (Å²) in [6.07, 6.45) is 1.68. The molecule has 0 unspecified atom stereocenters. The summed E-state index contributed by atoms with van der Waals surface area (Å²) in [5, 5.41) is 8.97. The Morgan fingerprint density at radius 2 is 1.84 bits per heavy atom. The van der Waals surface area contributed by atoms with Crippen molar-refractivity contribution in [3.8, 4) is 0 Å². The van der Waals surface area contributed by atoms with Crippen LogP contribution in [-0.2, 0) is 21.2 Å². The van der Waals surface area contributed by atoms with E-state index in [1.54, 1.807) is 19.1 Å². The molecular formula is C13H19NO4S. The highest BCUT2D eigenvalue weighted by atomic mass is 32.2. The van der Waals surface area contributed by atoms with E-state index in [4.69, 9.17) is 5.11 Å². The molecule has 5 nitrogen and oxygen atoms in total. The van der Waals surface area contributed by atoms with Gasteiger partial charge >= 0.3 is 5.97 Å². The minimum atomic E-state index is -3.78. The highest BCUT2D eigenvalue weighted by Crippen LogP contribution is 2.12. The molecule has 19 heavy (non-hydrogen) atoms. The number of rotatable bonds is 7. The van der Waals surface area contributed by atoms with Gasteiger partial charge in [0.05, 0.1) is 4.90 Å². The van der Waals surface area contributed by atoms with Crippen LogP contribution in [0.5, 0.6) is 0 Å². The van der Waals surface area contributed by atoms with Gasteiger partial charge in [0, 0.05) is 0 Å². The first-order valence-electron chi connectivity index (χ1n) is 6.24. The maximum absolute atomic E-state index is 12.0. The van der Waals surface area contributed by atoms with E-state index in [1.807, 2.05) is 6.92 Å². The Kier molecular flexibility index (Phi) is 5.50. The summed E-state index contributed by atoms with van der Waals surface area (Å²) < 4.78 is 26.3. The molecule has 6 heteroatoms. The third-order valence-corrected chi connectivity index (χ3v) is 4.30. The number of carboxylic acid groups (broad SMARTS) is 1. The maximum atomic E-state index is 12.0. The summed E-state index contributed by atoms with van der Waals surface area (Å²) >= 11 is 0. The van der Waals surface area contributed by atoms with E-state index in [-0.39, 0.29) is 11.3 Å². The van der Waals surface area contributed by atoms with Crippen LogP contribution in [0.2, 0.25) is 0 Å². The number of carboxylic acids is 1. The zero-order valence-corrected chi connectivity index (χ0v) is 11.9. The Morgan fingerprint density at radius 3 is 2.26 bits per heavy atom. The van der Waals surface area contributed by atoms with Gasteiger partial charge in [-0.25, -0.2) is 8.42 Å². The van der Waals surface area contributed by atoms with Gasteiger partial charge in [0.25, 0.3) is 0 Å². The monoisotopic (exact) mass is 285 g/mol. The van der Waals surface area contributed by atoms with Crippen molar-refractivity contribution < 1.29 is 18.3 Å². The second-order valence-electron chi connectivity index (χ2n) is 4.30. The summed E-state index contributed by atoms with van der Waals surface area (Å²) in [7, 11) is -3.78. The normalized spacial score (nSPS) is 13.2. The lowest BCUT2D eigenvalue weighted by Crippen LogP contribution is -2.40. The fourth-order valence-corrected chi connectivity index (χ4v) is 2.90. The van der Waals surface area contributed by atoms with E-state index in [2.05, 4.69) is 4.72 Å². The Hall–Kier alpha value is -1.40. The average molecular weight is 285 g/mol. The van der Waals surface area contributed by atoms with Gasteiger partial charge in [-0.05, 0) is 30.5 Å². The molecule has 0 saturated carbocycles. The molecule has 0 aliphatic rings. The molecule has 0 aromatic heterocycles. The number of carbonyl (C=O) groups is 1. The molecule has 0 radical (unpaired) electrons. The predicted octanol–water partition coefficient (Wildman–Crippen LogP) is 1.78. The quantitative estimate of drug-likeness (QED) is 0.800. The van der Waals surface area contributed by atoms with Crippen LogP contribution in [0.3, 0.4) is 0 Å². The highest BCUT2D eigenvalue weighted by Gasteiger charge is 2.24. The third kappa shape index (κ3) is 4.33. The summed E-state index contributed by atoms with van der Waals surface area (Å²) in [5.41, 5.74) is 1.03. The molecule has 0 spiro atoms. The number of aryl methyl sites for hydroxylation is 1. The zero-order valence-electron chi connectivity index (χ0n) is 11.1. The van der Waals surface area contributed by atoms with Crippen molar-refractivity contribution in [3.63, 3.8) is 0 Å².